The van der Waals surface area contributed by atoms with Gasteiger partial charge in [-0.15, -0.1) is 0 Å². The number of aryl methyl sites for hydroxylation is 4. The maximum atomic E-state index is 9.01. The molecule has 4 rings (SSSR count). The number of pyridine rings is 1. The zero-order chi connectivity index (χ0) is 20.7. The molecular weight excluding hydrogens is 355 g/mol. The number of fused-ring (bicyclic) bond motifs is 1. The van der Waals surface area contributed by atoms with Crippen LogP contribution in [0.1, 0.15) is 41.6 Å². The Labute approximate surface area is 174 Å². The first kappa shape index (κ1) is 19.6. The Hall–Kier alpha value is -2.74. The van der Waals surface area contributed by atoms with Crippen LogP contribution in [0, 0.1) is 44.9 Å². The smallest absolute Gasteiger partial charge is 0.147 e. The molecule has 2 radical (unpaired) electrons. The van der Waals surface area contributed by atoms with E-state index in [-0.39, 0.29) is 0 Å². The molecule has 0 amide bonds. The summed E-state index contributed by atoms with van der Waals surface area (Å²) in [4.78, 5) is 7.42. The first-order valence-corrected chi connectivity index (χ1v) is 10.4. The first-order chi connectivity index (χ1) is 13.9. The molecule has 5 heteroatoms. The van der Waals surface area contributed by atoms with E-state index in [0.717, 1.165) is 59.5 Å². The average Bonchev–Trinajstić information content (AvgIpc) is 2.97. The molecule has 0 spiro atoms. The van der Waals surface area contributed by atoms with E-state index in [2.05, 4.69) is 55.5 Å². The van der Waals surface area contributed by atoms with Gasteiger partial charge in [0.05, 0.1) is 11.8 Å². The zero-order valence-corrected chi connectivity index (χ0v) is 17.8. The van der Waals surface area contributed by atoms with Gasteiger partial charge >= 0.3 is 0 Å². The Morgan fingerprint density at radius 1 is 1.07 bits per heavy atom. The van der Waals surface area contributed by atoms with Crippen LogP contribution in [0.3, 0.4) is 0 Å². The molecule has 1 aliphatic rings. The summed E-state index contributed by atoms with van der Waals surface area (Å²) in [6, 6.07) is 8.61. The van der Waals surface area contributed by atoms with Crippen molar-refractivity contribution in [3.05, 3.63) is 46.8 Å². The van der Waals surface area contributed by atoms with Crippen molar-refractivity contribution in [2.75, 3.05) is 18.0 Å². The van der Waals surface area contributed by atoms with Crippen LogP contribution < -0.4 is 10.4 Å². The Bertz CT molecular complexity index is 1090. The summed E-state index contributed by atoms with van der Waals surface area (Å²) in [6.45, 7) is 10.4. The van der Waals surface area contributed by atoms with Crippen molar-refractivity contribution in [2.24, 2.45) is 5.92 Å². The van der Waals surface area contributed by atoms with Crippen molar-refractivity contribution in [1.82, 2.24) is 9.55 Å². The second kappa shape index (κ2) is 7.59. The van der Waals surface area contributed by atoms with Crippen molar-refractivity contribution < 1.29 is 0 Å². The van der Waals surface area contributed by atoms with Crippen LogP contribution in [-0.2, 0) is 0 Å². The van der Waals surface area contributed by atoms with Crippen LogP contribution >= 0.6 is 0 Å². The lowest BCUT2D eigenvalue weighted by Crippen LogP contribution is -2.33. The Kier molecular flexibility index (Phi) is 5.12. The van der Waals surface area contributed by atoms with Crippen LogP contribution in [0.5, 0.6) is 0 Å². The molecule has 0 saturated carbocycles. The van der Waals surface area contributed by atoms with Gasteiger partial charge in [-0.05, 0) is 69.2 Å². The van der Waals surface area contributed by atoms with Crippen molar-refractivity contribution in [3.63, 3.8) is 0 Å². The number of benzene rings is 1. The topological polar surface area (TPSA) is 44.9 Å². The summed E-state index contributed by atoms with van der Waals surface area (Å²) in [5.74, 6) is 0.528. The Balaban J connectivity index is 1.83. The minimum absolute atomic E-state index is 0.528. The van der Waals surface area contributed by atoms with E-state index < -0.39 is 0 Å². The molecule has 1 fully saturated rings. The fourth-order valence-electron chi connectivity index (χ4n) is 4.81. The maximum absolute atomic E-state index is 9.01. The molecule has 1 saturated heterocycles. The predicted octanol–water partition coefficient (Wildman–Crippen LogP) is 4.18. The van der Waals surface area contributed by atoms with Gasteiger partial charge in [0.2, 0.25) is 0 Å². The summed E-state index contributed by atoms with van der Waals surface area (Å²) in [7, 11) is 6.05. The van der Waals surface area contributed by atoms with Crippen molar-refractivity contribution in [2.45, 2.75) is 47.0 Å². The summed E-state index contributed by atoms with van der Waals surface area (Å²) < 4.78 is 2.23. The molecule has 0 bridgehead atoms. The van der Waals surface area contributed by atoms with Gasteiger partial charge in [0.25, 0.3) is 0 Å². The summed E-state index contributed by atoms with van der Waals surface area (Å²) in [5.41, 5.74) is 8.80. The average molecular weight is 382 g/mol. The molecule has 0 atom stereocenters. The SMILES string of the molecule is [B]c1cc(C)c(-n2cc(C)c3c(N4CCC(CC#N)CC4)cc(C)nc32)c(C)c1. The van der Waals surface area contributed by atoms with Crippen molar-refractivity contribution in [3.8, 4) is 11.8 Å². The van der Waals surface area contributed by atoms with Crippen LogP contribution in [0.4, 0.5) is 5.69 Å². The van der Waals surface area contributed by atoms with E-state index in [0.29, 0.717) is 12.3 Å². The summed E-state index contributed by atoms with van der Waals surface area (Å²) in [6.07, 6.45) is 5.02. The molecule has 29 heavy (non-hydrogen) atoms. The van der Waals surface area contributed by atoms with Gasteiger partial charge in [0.15, 0.2) is 0 Å². The highest BCUT2D eigenvalue weighted by atomic mass is 15.1. The predicted molar refractivity (Wildman–Crippen MR) is 121 cm³/mol. The first-order valence-electron chi connectivity index (χ1n) is 10.4. The molecule has 3 aromatic rings. The lowest BCUT2D eigenvalue weighted by atomic mass is 9.91. The zero-order valence-electron chi connectivity index (χ0n) is 17.8. The van der Waals surface area contributed by atoms with Crippen molar-refractivity contribution >= 4 is 30.0 Å². The molecular formula is C24H27BN4. The largest absolute Gasteiger partial charge is 0.371 e. The summed E-state index contributed by atoms with van der Waals surface area (Å²) >= 11 is 0. The number of rotatable bonds is 3. The quantitative estimate of drug-likeness (QED) is 0.639. The van der Waals surface area contributed by atoms with Gasteiger partial charge in [0.1, 0.15) is 13.5 Å². The van der Waals surface area contributed by atoms with Crippen LogP contribution in [0.15, 0.2) is 24.4 Å². The maximum Gasteiger partial charge on any atom is 0.147 e. The second-order valence-corrected chi connectivity index (χ2v) is 8.46. The highest BCUT2D eigenvalue weighted by Crippen LogP contribution is 2.36. The fraction of sp³-hybridized carbons (Fsp3) is 0.417. The monoisotopic (exact) mass is 382 g/mol. The normalized spacial score (nSPS) is 15.1. The number of hydrogen-bond acceptors (Lipinski definition) is 3. The van der Waals surface area contributed by atoms with Gasteiger partial charge in [-0.3, -0.25) is 0 Å². The Morgan fingerprint density at radius 3 is 2.34 bits per heavy atom. The third kappa shape index (κ3) is 3.53. The minimum atomic E-state index is 0.528. The second-order valence-electron chi connectivity index (χ2n) is 8.46. The number of piperidine rings is 1. The molecule has 3 heterocycles. The third-order valence-corrected chi connectivity index (χ3v) is 6.14. The molecule has 0 N–H and O–H groups in total. The third-order valence-electron chi connectivity index (χ3n) is 6.14. The molecule has 0 aliphatic carbocycles. The highest BCUT2D eigenvalue weighted by molar-refractivity contribution is 6.32. The van der Waals surface area contributed by atoms with Crippen molar-refractivity contribution in [1.29, 1.82) is 5.26 Å². The number of hydrogen-bond donors (Lipinski definition) is 0. The van der Waals surface area contributed by atoms with E-state index in [4.69, 9.17) is 18.1 Å². The van der Waals surface area contributed by atoms with Crippen LogP contribution in [0.2, 0.25) is 0 Å². The molecule has 1 aliphatic heterocycles. The van der Waals surface area contributed by atoms with Gasteiger partial charge in [-0.1, -0.05) is 17.6 Å². The molecule has 4 nitrogen and oxygen atoms in total. The van der Waals surface area contributed by atoms with Gasteiger partial charge in [0, 0.05) is 42.5 Å². The van der Waals surface area contributed by atoms with E-state index in [1.165, 1.54) is 16.6 Å². The number of nitrogens with zero attached hydrogens (tertiary/aromatic N) is 4. The van der Waals surface area contributed by atoms with E-state index in [1.54, 1.807) is 0 Å². The van der Waals surface area contributed by atoms with E-state index in [9.17, 15) is 0 Å². The fourth-order valence-corrected chi connectivity index (χ4v) is 4.81. The van der Waals surface area contributed by atoms with Gasteiger partial charge in [-0.2, -0.15) is 5.26 Å². The van der Waals surface area contributed by atoms with E-state index >= 15 is 0 Å². The number of aromatic nitrogens is 2. The highest BCUT2D eigenvalue weighted by Gasteiger charge is 2.23. The summed E-state index contributed by atoms with van der Waals surface area (Å²) in [5, 5.41) is 10.2. The van der Waals surface area contributed by atoms with Gasteiger partial charge in [-0.25, -0.2) is 4.98 Å². The molecule has 0 unspecified atom stereocenters. The number of nitriles is 1. The lowest BCUT2D eigenvalue weighted by molar-refractivity contribution is 0.413. The van der Waals surface area contributed by atoms with Crippen LogP contribution in [-0.4, -0.2) is 30.5 Å². The molecule has 1 aromatic carbocycles. The molecule has 146 valence electrons. The molecule has 2 aromatic heterocycles. The number of anilines is 1. The van der Waals surface area contributed by atoms with Gasteiger partial charge < -0.3 is 9.47 Å². The standard InChI is InChI=1S/C24H27BN4/c1-15-11-20(25)12-16(2)23(15)29-14-17(3)22-21(13-18(4)27-24(22)29)28-9-6-19(5-8-26)7-10-28/h11-14,19H,5-7,9-10H2,1-4H3. The Morgan fingerprint density at radius 2 is 1.72 bits per heavy atom. The lowest BCUT2D eigenvalue weighted by Gasteiger charge is -2.33. The van der Waals surface area contributed by atoms with E-state index in [1.807, 2.05) is 12.1 Å². The minimum Gasteiger partial charge on any atom is -0.371 e. The van der Waals surface area contributed by atoms with Crippen LogP contribution in [0.25, 0.3) is 16.7 Å².